The molecule has 0 aromatic heterocycles. The van der Waals surface area contributed by atoms with E-state index < -0.39 is 30.3 Å². The van der Waals surface area contributed by atoms with Crippen LogP contribution in [0.5, 0.6) is 0 Å². The molecule has 0 spiro atoms. The second-order valence-electron chi connectivity index (χ2n) is 5.49. The van der Waals surface area contributed by atoms with Crippen molar-refractivity contribution < 1.29 is 19.1 Å². The average Bonchev–Trinajstić information content (AvgIpc) is 2.66. The Labute approximate surface area is 156 Å². The summed E-state index contributed by atoms with van der Waals surface area (Å²) in [6.45, 7) is 1.38. The number of hydrogen-bond donors (Lipinski definition) is 2. The van der Waals surface area contributed by atoms with Crippen molar-refractivity contribution in [3.05, 3.63) is 70.7 Å². The fraction of sp³-hybridized carbons (Fsp3) is 0.211. The number of hydrazine groups is 1. The Balaban J connectivity index is 1.79. The van der Waals surface area contributed by atoms with Crippen LogP contribution < -0.4 is 10.9 Å². The third kappa shape index (κ3) is 5.60. The molecule has 2 amide bonds. The van der Waals surface area contributed by atoms with Crippen molar-refractivity contribution in [2.75, 3.05) is 6.61 Å². The summed E-state index contributed by atoms with van der Waals surface area (Å²) < 4.78 is 5.05. The molecule has 0 saturated carbocycles. The fourth-order valence-corrected chi connectivity index (χ4v) is 2.42. The van der Waals surface area contributed by atoms with Gasteiger partial charge >= 0.3 is 5.97 Å². The molecule has 2 aromatic rings. The number of ether oxygens (including phenoxy) is 1. The summed E-state index contributed by atoms with van der Waals surface area (Å²) in [4.78, 5) is 35.8. The number of carbonyl (C=O) groups is 3. The average molecular weight is 375 g/mol. The Kier molecular flexibility index (Phi) is 7.17. The highest BCUT2D eigenvalue weighted by atomic mass is 35.5. The topological polar surface area (TPSA) is 84.5 Å². The zero-order chi connectivity index (χ0) is 18.9. The molecule has 2 aromatic carbocycles. The van der Waals surface area contributed by atoms with Crippen molar-refractivity contribution in [2.24, 2.45) is 0 Å². The van der Waals surface area contributed by atoms with Crippen molar-refractivity contribution in [3.63, 3.8) is 0 Å². The highest BCUT2D eigenvalue weighted by Crippen LogP contribution is 2.20. The maximum absolute atomic E-state index is 12.2. The Hall–Kier alpha value is -2.86. The van der Waals surface area contributed by atoms with E-state index in [0.717, 1.165) is 5.56 Å². The van der Waals surface area contributed by atoms with Gasteiger partial charge in [0, 0.05) is 10.6 Å². The first-order chi connectivity index (χ1) is 12.5. The molecule has 0 radical (unpaired) electrons. The molecule has 0 saturated heterocycles. The molecule has 26 heavy (non-hydrogen) atoms. The maximum atomic E-state index is 12.2. The summed E-state index contributed by atoms with van der Waals surface area (Å²) in [6, 6.07) is 15.4. The van der Waals surface area contributed by atoms with Gasteiger partial charge in [-0.1, -0.05) is 48.9 Å². The van der Waals surface area contributed by atoms with Gasteiger partial charge in [-0.3, -0.25) is 25.2 Å². The van der Waals surface area contributed by atoms with E-state index in [1.54, 1.807) is 12.1 Å². The van der Waals surface area contributed by atoms with Gasteiger partial charge in [-0.2, -0.15) is 0 Å². The van der Waals surface area contributed by atoms with E-state index in [-0.39, 0.29) is 0 Å². The summed E-state index contributed by atoms with van der Waals surface area (Å²) in [5.74, 6) is -2.06. The van der Waals surface area contributed by atoms with Gasteiger partial charge in [0.15, 0.2) is 6.61 Å². The fourth-order valence-electron chi connectivity index (χ4n) is 2.30. The van der Waals surface area contributed by atoms with E-state index in [1.807, 2.05) is 37.3 Å². The maximum Gasteiger partial charge on any atom is 0.313 e. The number of rotatable bonds is 6. The smallest absolute Gasteiger partial charge is 0.313 e. The molecule has 0 bridgehead atoms. The molecule has 0 fully saturated rings. The lowest BCUT2D eigenvalue weighted by Crippen LogP contribution is -2.43. The summed E-state index contributed by atoms with van der Waals surface area (Å²) in [5, 5.41) is 0.501. The van der Waals surface area contributed by atoms with Crippen molar-refractivity contribution in [2.45, 2.75) is 19.3 Å². The Morgan fingerprint density at radius 3 is 2.27 bits per heavy atom. The van der Waals surface area contributed by atoms with Crippen LogP contribution in [0.15, 0.2) is 54.6 Å². The highest BCUT2D eigenvalue weighted by molar-refractivity contribution is 6.30. The molecule has 6 nitrogen and oxygen atoms in total. The molecule has 7 heteroatoms. The zero-order valence-electron chi connectivity index (χ0n) is 14.2. The monoisotopic (exact) mass is 374 g/mol. The van der Waals surface area contributed by atoms with Gasteiger partial charge in [0.05, 0.1) is 5.92 Å². The lowest BCUT2D eigenvalue weighted by Gasteiger charge is -2.14. The zero-order valence-corrected chi connectivity index (χ0v) is 15.0. The molecular formula is C19H19ClN2O4. The van der Waals surface area contributed by atoms with Crippen LogP contribution in [-0.4, -0.2) is 24.4 Å². The number of esters is 1. The van der Waals surface area contributed by atoms with Crippen molar-refractivity contribution in [3.8, 4) is 0 Å². The van der Waals surface area contributed by atoms with Crippen LogP contribution in [0, 0.1) is 0 Å². The minimum atomic E-state index is -0.636. The van der Waals surface area contributed by atoms with Crippen LogP contribution in [0.2, 0.25) is 5.02 Å². The Morgan fingerprint density at radius 2 is 1.65 bits per heavy atom. The summed E-state index contributed by atoms with van der Waals surface area (Å²) in [6.07, 6.45) is 0.553. The molecule has 2 N–H and O–H groups in total. The van der Waals surface area contributed by atoms with Crippen molar-refractivity contribution in [1.82, 2.24) is 10.9 Å². The van der Waals surface area contributed by atoms with E-state index in [1.165, 1.54) is 12.1 Å². The van der Waals surface area contributed by atoms with Gasteiger partial charge in [0.2, 0.25) is 0 Å². The first-order valence-electron chi connectivity index (χ1n) is 8.07. The number of amides is 2. The summed E-state index contributed by atoms with van der Waals surface area (Å²) >= 11 is 5.75. The standard InChI is InChI=1S/C19H19ClN2O4/c1-2-16(13-6-4-3-5-7-13)19(25)26-12-17(23)21-22-18(24)14-8-10-15(20)11-9-14/h3-11,16H,2,12H2,1H3,(H,21,23)(H,22,24)/t16-/m0/s1. The summed E-state index contributed by atoms with van der Waals surface area (Å²) in [5.41, 5.74) is 5.61. The molecule has 1 atom stereocenters. The predicted octanol–water partition coefficient (Wildman–Crippen LogP) is 2.84. The molecule has 0 unspecified atom stereocenters. The lowest BCUT2D eigenvalue weighted by molar-refractivity contribution is -0.150. The number of benzene rings is 2. The second kappa shape index (κ2) is 9.58. The normalized spacial score (nSPS) is 11.3. The van der Waals surface area contributed by atoms with Crippen LogP contribution >= 0.6 is 11.6 Å². The Bertz CT molecular complexity index is 763. The molecule has 0 aliphatic heterocycles. The molecule has 0 aliphatic rings. The molecule has 2 rings (SSSR count). The van der Waals surface area contributed by atoms with Gasteiger partial charge in [-0.05, 0) is 36.2 Å². The van der Waals surface area contributed by atoms with Crippen LogP contribution in [-0.2, 0) is 14.3 Å². The van der Waals surface area contributed by atoms with Crippen molar-refractivity contribution in [1.29, 1.82) is 0 Å². The van der Waals surface area contributed by atoms with Crippen molar-refractivity contribution >= 4 is 29.4 Å². The number of halogens is 1. The third-order valence-corrected chi connectivity index (χ3v) is 3.91. The largest absolute Gasteiger partial charge is 0.455 e. The highest BCUT2D eigenvalue weighted by Gasteiger charge is 2.21. The number of nitrogens with one attached hydrogen (secondary N) is 2. The first kappa shape index (κ1) is 19.5. The number of carbonyl (C=O) groups excluding carboxylic acids is 3. The van der Waals surface area contributed by atoms with Crippen LogP contribution in [0.3, 0.4) is 0 Å². The molecule has 0 heterocycles. The summed E-state index contributed by atoms with van der Waals surface area (Å²) in [7, 11) is 0. The second-order valence-corrected chi connectivity index (χ2v) is 5.92. The molecule has 136 valence electrons. The van der Waals surface area contributed by atoms with E-state index in [0.29, 0.717) is 17.0 Å². The molecule has 0 aliphatic carbocycles. The van der Waals surface area contributed by atoms with Crippen LogP contribution in [0.4, 0.5) is 0 Å². The van der Waals surface area contributed by atoms with Gasteiger partial charge in [0.25, 0.3) is 11.8 Å². The van der Waals surface area contributed by atoms with E-state index in [2.05, 4.69) is 10.9 Å². The molecular weight excluding hydrogens is 356 g/mol. The predicted molar refractivity (Wildman–Crippen MR) is 97.5 cm³/mol. The van der Waals surface area contributed by atoms with E-state index in [9.17, 15) is 14.4 Å². The van der Waals surface area contributed by atoms with Gasteiger partial charge in [-0.25, -0.2) is 0 Å². The lowest BCUT2D eigenvalue weighted by atomic mass is 9.97. The third-order valence-electron chi connectivity index (χ3n) is 3.66. The van der Waals surface area contributed by atoms with Gasteiger partial charge < -0.3 is 4.74 Å². The SMILES string of the molecule is CC[C@H](C(=O)OCC(=O)NNC(=O)c1ccc(Cl)cc1)c1ccccc1. The minimum absolute atomic E-state index is 0.335. The van der Waals surface area contributed by atoms with Gasteiger partial charge in [0.1, 0.15) is 0 Å². The first-order valence-corrected chi connectivity index (χ1v) is 8.45. The van der Waals surface area contributed by atoms with Crippen LogP contribution in [0.25, 0.3) is 0 Å². The van der Waals surface area contributed by atoms with E-state index >= 15 is 0 Å². The Morgan fingerprint density at radius 1 is 1.00 bits per heavy atom. The number of hydrogen-bond acceptors (Lipinski definition) is 4. The quantitative estimate of drug-likeness (QED) is 0.601. The minimum Gasteiger partial charge on any atom is -0.455 e. The van der Waals surface area contributed by atoms with E-state index in [4.69, 9.17) is 16.3 Å². The van der Waals surface area contributed by atoms with Gasteiger partial charge in [-0.15, -0.1) is 0 Å². The van der Waals surface area contributed by atoms with Crippen LogP contribution in [0.1, 0.15) is 35.2 Å².